The van der Waals surface area contributed by atoms with E-state index in [1.54, 1.807) is 23.1 Å². The fourth-order valence-corrected chi connectivity index (χ4v) is 4.81. The van der Waals surface area contributed by atoms with E-state index in [1.807, 2.05) is 6.07 Å². The molecule has 1 saturated heterocycles. The van der Waals surface area contributed by atoms with Crippen LogP contribution >= 0.6 is 15.9 Å². The van der Waals surface area contributed by atoms with Crippen molar-refractivity contribution in [2.24, 2.45) is 5.92 Å². The topological polar surface area (TPSA) is 81.3 Å². The zero-order valence-corrected chi connectivity index (χ0v) is 19.6. The summed E-state index contributed by atoms with van der Waals surface area (Å²) >= 11 is 3.37. The molecule has 3 aromatic rings. The molecule has 2 unspecified atom stereocenters. The number of hydrogen-bond acceptors (Lipinski definition) is 5. The third kappa shape index (κ3) is 4.61. The Kier molecular flexibility index (Phi) is 5.97. The van der Waals surface area contributed by atoms with Gasteiger partial charge < -0.3 is 15.4 Å². The summed E-state index contributed by atoms with van der Waals surface area (Å²) in [6.07, 6.45) is -0.948. The summed E-state index contributed by atoms with van der Waals surface area (Å²) in [5.41, 5.74) is 6.55. The van der Waals surface area contributed by atoms with Crippen molar-refractivity contribution in [3.63, 3.8) is 0 Å². The number of alkyl halides is 3. The predicted molar refractivity (Wildman–Crippen MR) is 124 cm³/mol. The molecule has 1 aliphatic carbocycles. The van der Waals surface area contributed by atoms with Crippen molar-refractivity contribution < 1.29 is 22.7 Å². The molecule has 34 heavy (non-hydrogen) atoms. The molecule has 6 nitrogen and oxygen atoms in total. The number of amides is 1. The maximum atomic E-state index is 13.8. The second kappa shape index (κ2) is 8.81. The molecule has 5 rings (SSSR count). The van der Waals surface area contributed by atoms with Crippen LogP contribution in [0.4, 0.5) is 19.0 Å². The highest BCUT2D eigenvalue weighted by Crippen LogP contribution is 2.41. The van der Waals surface area contributed by atoms with Crippen LogP contribution in [0.2, 0.25) is 0 Å². The summed E-state index contributed by atoms with van der Waals surface area (Å²) in [6.45, 7) is 0.639. The fraction of sp³-hybridized carbons (Fsp3) is 0.375. The van der Waals surface area contributed by atoms with Crippen molar-refractivity contribution in [3.05, 3.63) is 63.9 Å². The first-order valence-corrected chi connectivity index (χ1v) is 11.8. The molecule has 1 amide bonds. The van der Waals surface area contributed by atoms with E-state index in [1.165, 1.54) is 6.07 Å². The zero-order chi connectivity index (χ0) is 24.0. The minimum absolute atomic E-state index is 0.0746. The Balaban J connectivity index is 1.48. The number of hydrogen-bond donors (Lipinski definition) is 1. The summed E-state index contributed by atoms with van der Waals surface area (Å²) in [5, 5.41) is 0.751. The molecule has 1 aromatic carbocycles. The molecular formula is C24H22BrF3N4O2. The number of nitrogen functional groups attached to an aromatic ring is 1. The third-order valence-electron chi connectivity index (χ3n) is 6.38. The summed E-state index contributed by atoms with van der Waals surface area (Å²) in [5.74, 6) is 0.540. The second-order valence-electron chi connectivity index (χ2n) is 8.76. The predicted octanol–water partition coefficient (Wildman–Crippen LogP) is 5.20. The number of rotatable bonds is 5. The van der Waals surface area contributed by atoms with Crippen LogP contribution in [0.15, 0.2) is 47.1 Å². The Hall–Kier alpha value is -2.72. The van der Waals surface area contributed by atoms with Gasteiger partial charge in [0.05, 0.1) is 39.9 Å². The van der Waals surface area contributed by atoms with E-state index in [2.05, 4.69) is 25.9 Å². The maximum absolute atomic E-state index is 13.8. The van der Waals surface area contributed by atoms with Crippen LogP contribution in [0.25, 0.3) is 10.9 Å². The monoisotopic (exact) mass is 534 g/mol. The Morgan fingerprint density at radius 3 is 2.65 bits per heavy atom. The SMILES string of the molecule is Nc1nc2ccc(C(=O)N(Cc3ccc(C(F)(F)F)cn3)C3CCOC3C3CC3)cc2cc1Br. The number of aromatic nitrogens is 2. The van der Waals surface area contributed by atoms with Crippen molar-refractivity contribution in [2.75, 3.05) is 12.3 Å². The molecule has 3 heterocycles. The number of carbonyl (C=O) groups excluding carboxylic acids is 1. The summed E-state index contributed by atoms with van der Waals surface area (Å²) in [4.78, 5) is 23.8. The van der Waals surface area contributed by atoms with Crippen LogP contribution < -0.4 is 5.73 Å². The molecule has 0 bridgehead atoms. The number of carbonyl (C=O) groups is 1. The van der Waals surface area contributed by atoms with E-state index >= 15 is 0 Å². The number of nitrogens with zero attached hydrogens (tertiary/aromatic N) is 3. The first kappa shape index (κ1) is 23.0. The summed E-state index contributed by atoms with van der Waals surface area (Å²) in [7, 11) is 0. The van der Waals surface area contributed by atoms with E-state index in [0.717, 1.165) is 30.5 Å². The van der Waals surface area contributed by atoms with E-state index in [-0.39, 0.29) is 24.6 Å². The van der Waals surface area contributed by atoms with E-state index in [4.69, 9.17) is 10.5 Å². The first-order chi connectivity index (χ1) is 16.2. The van der Waals surface area contributed by atoms with Crippen LogP contribution in [-0.4, -0.2) is 39.5 Å². The highest BCUT2D eigenvalue weighted by atomic mass is 79.9. The maximum Gasteiger partial charge on any atom is 0.417 e. The molecule has 2 fully saturated rings. The minimum atomic E-state index is -4.46. The van der Waals surface area contributed by atoms with Crippen molar-refractivity contribution in [2.45, 2.75) is 44.1 Å². The number of nitrogens with two attached hydrogens (primary N) is 1. The molecule has 2 aliphatic rings. The Bertz CT molecular complexity index is 1230. The molecule has 0 spiro atoms. The van der Waals surface area contributed by atoms with Gasteiger partial charge in [0.25, 0.3) is 5.91 Å². The average molecular weight is 535 g/mol. The van der Waals surface area contributed by atoms with Crippen molar-refractivity contribution in [3.8, 4) is 0 Å². The molecule has 178 valence electrons. The summed E-state index contributed by atoms with van der Waals surface area (Å²) < 4.78 is 45.5. The number of ether oxygens (including phenoxy) is 1. The molecular weight excluding hydrogens is 513 g/mol. The number of halogens is 4. The molecule has 1 saturated carbocycles. The lowest BCUT2D eigenvalue weighted by Gasteiger charge is -2.32. The van der Waals surface area contributed by atoms with Gasteiger partial charge in [-0.3, -0.25) is 9.78 Å². The number of pyridine rings is 2. The van der Waals surface area contributed by atoms with Crippen LogP contribution in [0, 0.1) is 5.92 Å². The van der Waals surface area contributed by atoms with Crippen molar-refractivity contribution >= 4 is 38.6 Å². The van der Waals surface area contributed by atoms with Gasteiger partial charge in [-0.2, -0.15) is 13.2 Å². The third-order valence-corrected chi connectivity index (χ3v) is 7.01. The van der Waals surface area contributed by atoms with Gasteiger partial charge in [0.1, 0.15) is 5.82 Å². The van der Waals surface area contributed by atoms with Crippen molar-refractivity contribution in [1.29, 1.82) is 0 Å². The van der Waals surface area contributed by atoms with Gasteiger partial charge in [0, 0.05) is 23.8 Å². The van der Waals surface area contributed by atoms with Crippen LogP contribution in [0.5, 0.6) is 0 Å². The fourth-order valence-electron chi connectivity index (χ4n) is 4.47. The summed E-state index contributed by atoms with van der Waals surface area (Å²) in [6, 6.07) is 9.15. The lowest BCUT2D eigenvalue weighted by Crippen LogP contribution is -2.45. The van der Waals surface area contributed by atoms with Crippen LogP contribution in [0.3, 0.4) is 0 Å². The normalized spacial score (nSPS) is 20.6. The minimum Gasteiger partial charge on any atom is -0.383 e. The Labute approximate surface area is 202 Å². The average Bonchev–Trinajstić information content (AvgIpc) is 3.54. The van der Waals surface area contributed by atoms with Gasteiger partial charge in [-0.1, -0.05) is 0 Å². The second-order valence-corrected chi connectivity index (χ2v) is 9.62. The molecule has 2 N–H and O–H groups in total. The largest absolute Gasteiger partial charge is 0.417 e. The molecule has 2 aromatic heterocycles. The van der Waals surface area contributed by atoms with E-state index in [0.29, 0.717) is 46.0 Å². The lowest BCUT2D eigenvalue weighted by atomic mass is 10.0. The highest BCUT2D eigenvalue weighted by Gasteiger charge is 2.44. The molecule has 10 heteroatoms. The van der Waals surface area contributed by atoms with Gasteiger partial charge >= 0.3 is 6.18 Å². The van der Waals surface area contributed by atoms with Gasteiger partial charge in [-0.25, -0.2) is 4.98 Å². The van der Waals surface area contributed by atoms with Gasteiger partial charge in [0.2, 0.25) is 0 Å². The quantitative estimate of drug-likeness (QED) is 0.486. The standard InChI is InChI=1S/C24H22BrF3N4O2/c25-18-10-15-9-14(3-6-19(15)31-22(18)29)23(33)32(20-7-8-34-21(20)13-1-2-13)12-17-5-4-16(11-30-17)24(26,27)28/h3-6,9-11,13,20-21H,1-2,7-8,12H2,(H2,29,31). The first-order valence-electron chi connectivity index (χ1n) is 11.0. The van der Waals surface area contributed by atoms with Crippen molar-refractivity contribution in [1.82, 2.24) is 14.9 Å². The number of fused-ring (bicyclic) bond motifs is 1. The van der Waals surface area contributed by atoms with Gasteiger partial charge in [-0.05, 0) is 77.5 Å². The van der Waals surface area contributed by atoms with E-state index < -0.39 is 11.7 Å². The Morgan fingerprint density at radius 1 is 1.18 bits per heavy atom. The number of benzene rings is 1. The molecule has 2 atom stereocenters. The van der Waals surface area contributed by atoms with Gasteiger partial charge in [0.15, 0.2) is 0 Å². The van der Waals surface area contributed by atoms with E-state index in [9.17, 15) is 18.0 Å². The Morgan fingerprint density at radius 2 is 1.97 bits per heavy atom. The zero-order valence-electron chi connectivity index (χ0n) is 18.1. The molecule has 1 aliphatic heterocycles. The van der Waals surface area contributed by atoms with Crippen LogP contribution in [0.1, 0.15) is 40.9 Å². The molecule has 0 radical (unpaired) electrons. The van der Waals surface area contributed by atoms with Crippen LogP contribution in [-0.2, 0) is 17.5 Å². The van der Waals surface area contributed by atoms with Gasteiger partial charge in [-0.15, -0.1) is 0 Å². The lowest BCUT2D eigenvalue weighted by molar-refractivity contribution is -0.137. The smallest absolute Gasteiger partial charge is 0.383 e. The highest BCUT2D eigenvalue weighted by molar-refractivity contribution is 9.10. The number of anilines is 1.